The van der Waals surface area contributed by atoms with Crippen LogP contribution < -0.4 is 5.32 Å². The van der Waals surface area contributed by atoms with Gasteiger partial charge in [-0.3, -0.25) is 9.36 Å². The molecule has 7 heteroatoms. The second kappa shape index (κ2) is 7.76. The molecule has 0 radical (unpaired) electrons. The molecule has 0 aliphatic carbocycles. The Labute approximate surface area is 153 Å². The molecule has 0 saturated carbocycles. The van der Waals surface area contributed by atoms with Gasteiger partial charge >= 0.3 is 0 Å². The smallest absolute Gasteiger partial charge is 0.274 e. The molecular formula is C18H16FN3OS2. The average Bonchev–Trinajstić information content (AvgIpc) is 3.07. The molecule has 0 bridgehead atoms. The number of halogens is 1. The standard InChI is InChI=1S/C18H16FN3OS2/c1-24-15-9-5-13(6-10-15)21-17(23)16-11-20-18(25-2)22(16)14-7-3-12(19)4-8-14/h3-11H,1-2H3,(H,21,23). The van der Waals surface area contributed by atoms with Gasteiger partial charge in [0.1, 0.15) is 11.5 Å². The molecule has 2 aromatic carbocycles. The number of benzene rings is 2. The maximum Gasteiger partial charge on any atom is 0.274 e. The van der Waals surface area contributed by atoms with Crippen molar-refractivity contribution in [3.8, 4) is 5.69 Å². The molecule has 0 unspecified atom stereocenters. The molecule has 0 saturated heterocycles. The monoisotopic (exact) mass is 373 g/mol. The van der Waals surface area contributed by atoms with Gasteiger partial charge in [-0.05, 0) is 61.0 Å². The highest BCUT2D eigenvalue weighted by Crippen LogP contribution is 2.23. The molecule has 3 aromatic rings. The molecule has 0 atom stereocenters. The summed E-state index contributed by atoms with van der Waals surface area (Å²) in [4.78, 5) is 18.1. The summed E-state index contributed by atoms with van der Waals surface area (Å²) in [5, 5.41) is 3.54. The fourth-order valence-corrected chi connectivity index (χ4v) is 3.30. The normalized spacial score (nSPS) is 10.7. The van der Waals surface area contributed by atoms with Gasteiger partial charge in [0.05, 0.1) is 6.20 Å². The Hall–Kier alpha value is -2.25. The van der Waals surface area contributed by atoms with Gasteiger partial charge in [-0.25, -0.2) is 9.37 Å². The molecule has 1 heterocycles. The first-order valence-corrected chi connectivity index (χ1v) is 9.90. The van der Waals surface area contributed by atoms with E-state index in [4.69, 9.17) is 0 Å². The number of amides is 1. The van der Waals surface area contributed by atoms with Crippen molar-refractivity contribution in [2.45, 2.75) is 10.1 Å². The molecule has 128 valence electrons. The number of hydrogen-bond acceptors (Lipinski definition) is 4. The number of anilines is 1. The number of imidazole rings is 1. The van der Waals surface area contributed by atoms with E-state index in [1.54, 1.807) is 28.5 Å². The third-order valence-corrected chi connectivity index (χ3v) is 4.97. The zero-order valence-electron chi connectivity index (χ0n) is 13.7. The first-order chi connectivity index (χ1) is 12.1. The minimum absolute atomic E-state index is 0.269. The lowest BCUT2D eigenvalue weighted by Gasteiger charge is -2.11. The van der Waals surface area contributed by atoms with Crippen LogP contribution in [-0.4, -0.2) is 28.0 Å². The van der Waals surface area contributed by atoms with Crippen LogP contribution in [0.3, 0.4) is 0 Å². The topological polar surface area (TPSA) is 46.9 Å². The number of nitrogens with zero attached hydrogens (tertiary/aromatic N) is 2. The van der Waals surface area contributed by atoms with Gasteiger partial charge < -0.3 is 5.32 Å². The second-order valence-corrected chi connectivity index (χ2v) is 6.78. The van der Waals surface area contributed by atoms with Crippen molar-refractivity contribution >= 4 is 35.1 Å². The SMILES string of the molecule is CSc1ccc(NC(=O)c2cnc(SC)n2-c2ccc(F)cc2)cc1. The van der Waals surface area contributed by atoms with Crippen LogP contribution in [0.25, 0.3) is 5.69 Å². The van der Waals surface area contributed by atoms with Crippen LogP contribution in [0.1, 0.15) is 10.5 Å². The van der Waals surface area contributed by atoms with Crippen LogP contribution in [0.4, 0.5) is 10.1 Å². The van der Waals surface area contributed by atoms with E-state index in [0.29, 0.717) is 22.2 Å². The Balaban J connectivity index is 1.92. The minimum atomic E-state index is -0.325. The van der Waals surface area contributed by atoms with Gasteiger partial charge in [-0.2, -0.15) is 0 Å². The van der Waals surface area contributed by atoms with Gasteiger partial charge in [-0.1, -0.05) is 11.8 Å². The molecule has 0 aliphatic heterocycles. The Morgan fingerprint density at radius 2 is 1.72 bits per heavy atom. The van der Waals surface area contributed by atoms with E-state index in [1.807, 2.05) is 36.8 Å². The Morgan fingerprint density at radius 3 is 2.32 bits per heavy atom. The molecule has 4 nitrogen and oxygen atoms in total. The molecule has 3 rings (SSSR count). The summed E-state index contributed by atoms with van der Waals surface area (Å²) in [6, 6.07) is 13.6. The maximum atomic E-state index is 13.2. The highest BCUT2D eigenvalue weighted by molar-refractivity contribution is 7.98. The molecule has 1 amide bonds. The highest BCUT2D eigenvalue weighted by Gasteiger charge is 2.18. The Morgan fingerprint density at radius 1 is 1.04 bits per heavy atom. The number of hydrogen-bond donors (Lipinski definition) is 1. The van der Waals surface area contributed by atoms with E-state index in [0.717, 1.165) is 4.90 Å². The van der Waals surface area contributed by atoms with Gasteiger partial charge in [0, 0.05) is 16.3 Å². The number of thioether (sulfide) groups is 2. The predicted molar refractivity (Wildman–Crippen MR) is 101 cm³/mol. The summed E-state index contributed by atoms with van der Waals surface area (Å²) >= 11 is 3.06. The van der Waals surface area contributed by atoms with E-state index in [2.05, 4.69) is 10.3 Å². The Bertz CT molecular complexity index is 876. The number of carbonyl (C=O) groups is 1. The summed E-state index contributed by atoms with van der Waals surface area (Å²) < 4.78 is 14.9. The fraction of sp³-hybridized carbons (Fsp3) is 0.111. The second-order valence-electron chi connectivity index (χ2n) is 5.12. The Kier molecular flexibility index (Phi) is 5.45. The van der Waals surface area contributed by atoms with Crippen molar-refractivity contribution < 1.29 is 9.18 Å². The van der Waals surface area contributed by atoms with Crippen LogP contribution in [0, 0.1) is 5.82 Å². The van der Waals surface area contributed by atoms with Crippen LogP contribution in [0.15, 0.2) is 64.8 Å². The molecule has 0 spiro atoms. The first-order valence-electron chi connectivity index (χ1n) is 7.45. The van der Waals surface area contributed by atoms with Crippen molar-refractivity contribution in [2.75, 3.05) is 17.8 Å². The van der Waals surface area contributed by atoms with Crippen LogP contribution in [0.2, 0.25) is 0 Å². The van der Waals surface area contributed by atoms with Crippen LogP contribution in [0.5, 0.6) is 0 Å². The van der Waals surface area contributed by atoms with E-state index < -0.39 is 0 Å². The largest absolute Gasteiger partial charge is 0.321 e. The lowest BCUT2D eigenvalue weighted by molar-refractivity contribution is 0.102. The number of nitrogens with one attached hydrogen (secondary N) is 1. The first kappa shape index (κ1) is 17.6. The van der Waals surface area contributed by atoms with Crippen LogP contribution in [-0.2, 0) is 0 Å². The quantitative estimate of drug-likeness (QED) is 0.658. The van der Waals surface area contributed by atoms with Gasteiger partial charge in [0.2, 0.25) is 0 Å². The number of aromatic nitrogens is 2. The van der Waals surface area contributed by atoms with Crippen molar-refractivity contribution in [1.82, 2.24) is 9.55 Å². The fourth-order valence-electron chi connectivity index (χ4n) is 2.35. The van der Waals surface area contributed by atoms with Gasteiger partial charge in [0.25, 0.3) is 5.91 Å². The van der Waals surface area contributed by atoms with E-state index in [1.165, 1.54) is 30.1 Å². The summed E-state index contributed by atoms with van der Waals surface area (Å²) in [6.45, 7) is 0. The van der Waals surface area contributed by atoms with Crippen molar-refractivity contribution in [2.24, 2.45) is 0 Å². The van der Waals surface area contributed by atoms with E-state index in [-0.39, 0.29) is 11.7 Å². The van der Waals surface area contributed by atoms with E-state index >= 15 is 0 Å². The molecule has 1 aromatic heterocycles. The average molecular weight is 373 g/mol. The summed E-state index contributed by atoms with van der Waals surface area (Å²) in [6.07, 6.45) is 5.41. The summed E-state index contributed by atoms with van der Waals surface area (Å²) in [7, 11) is 0. The van der Waals surface area contributed by atoms with Gasteiger partial charge in [0.15, 0.2) is 5.16 Å². The zero-order valence-corrected chi connectivity index (χ0v) is 15.3. The van der Waals surface area contributed by atoms with Crippen molar-refractivity contribution in [3.63, 3.8) is 0 Å². The predicted octanol–water partition coefficient (Wildman–Crippen LogP) is 4.71. The molecular weight excluding hydrogens is 357 g/mol. The van der Waals surface area contributed by atoms with Crippen molar-refractivity contribution in [1.29, 1.82) is 0 Å². The molecule has 0 aliphatic rings. The minimum Gasteiger partial charge on any atom is -0.321 e. The summed E-state index contributed by atoms with van der Waals surface area (Å²) in [5.74, 6) is -0.594. The summed E-state index contributed by atoms with van der Waals surface area (Å²) in [5.41, 5.74) is 1.79. The molecule has 1 N–H and O–H groups in total. The third kappa shape index (κ3) is 3.88. The third-order valence-electron chi connectivity index (χ3n) is 3.58. The number of carbonyl (C=O) groups excluding carboxylic acids is 1. The molecule has 25 heavy (non-hydrogen) atoms. The zero-order chi connectivity index (χ0) is 17.8. The van der Waals surface area contributed by atoms with Crippen molar-refractivity contribution in [3.05, 3.63) is 66.2 Å². The number of rotatable bonds is 5. The lowest BCUT2D eigenvalue weighted by Crippen LogP contribution is -2.16. The maximum absolute atomic E-state index is 13.2. The van der Waals surface area contributed by atoms with E-state index in [9.17, 15) is 9.18 Å². The lowest BCUT2D eigenvalue weighted by atomic mass is 10.3. The highest BCUT2D eigenvalue weighted by atomic mass is 32.2. The van der Waals surface area contributed by atoms with Crippen LogP contribution >= 0.6 is 23.5 Å². The van der Waals surface area contributed by atoms with Gasteiger partial charge in [-0.15, -0.1) is 11.8 Å². The molecule has 0 fully saturated rings.